The summed E-state index contributed by atoms with van der Waals surface area (Å²) in [6, 6.07) is 14.1. The summed E-state index contributed by atoms with van der Waals surface area (Å²) in [5.41, 5.74) is 1.96. The van der Waals surface area contributed by atoms with E-state index in [0.717, 1.165) is 17.7 Å². The van der Waals surface area contributed by atoms with Crippen LogP contribution in [0.3, 0.4) is 0 Å². The van der Waals surface area contributed by atoms with Crippen molar-refractivity contribution in [2.45, 2.75) is 33.3 Å². The van der Waals surface area contributed by atoms with Crippen molar-refractivity contribution in [3.05, 3.63) is 65.7 Å². The van der Waals surface area contributed by atoms with Crippen LogP contribution in [-0.2, 0) is 9.53 Å². The first-order valence-electron chi connectivity index (χ1n) is 9.01. The van der Waals surface area contributed by atoms with Crippen LogP contribution in [0.4, 0.5) is 5.69 Å². The smallest absolute Gasteiger partial charge is 0.338 e. The topological polar surface area (TPSA) is 64.6 Å². The molecule has 0 saturated carbocycles. The van der Waals surface area contributed by atoms with E-state index in [1.165, 1.54) is 6.08 Å². The summed E-state index contributed by atoms with van der Waals surface area (Å²) in [7, 11) is 0. The molecule has 27 heavy (non-hydrogen) atoms. The number of esters is 1. The normalized spacial score (nSPS) is 10.8. The van der Waals surface area contributed by atoms with Crippen LogP contribution >= 0.6 is 0 Å². The summed E-state index contributed by atoms with van der Waals surface area (Å²) in [6.07, 6.45) is 3.98. The summed E-state index contributed by atoms with van der Waals surface area (Å²) in [4.78, 5) is 23.8. The monoisotopic (exact) mass is 367 g/mol. The van der Waals surface area contributed by atoms with Gasteiger partial charge >= 0.3 is 5.97 Å². The SMILES string of the molecule is CCCOc1ccc(/C=C/C(=O)Nc2ccc(C(=O)OC(C)C)cc2)cc1. The fraction of sp³-hybridized carbons (Fsp3) is 0.273. The Balaban J connectivity index is 1.89. The predicted octanol–water partition coefficient (Wildman–Crippen LogP) is 4.69. The number of amides is 1. The van der Waals surface area contributed by atoms with E-state index in [4.69, 9.17) is 9.47 Å². The van der Waals surface area contributed by atoms with Gasteiger partial charge in [-0.05, 0) is 68.3 Å². The number of anilines is 1. The molecule has 0 aliphatic rings. The average molecular weight is 367 g/mol. The van der Waals surface area contributed by atoms with Gasteiger partial charge in [-0.3, -0.25) is 4.79 Å². The van der Waals surface area contributed by atoms with E-state index in [1.54, 1.807) is 44.2 Å². The molecule has 0 aliphatic heterocycles. The Kier molecular flexibility index (Phi) is 7.62. The van der Waals surface area contributed by atoms with E-state index < -0.39 is 0 Å². The van der Waals surface area contributed by atoms with E-state index >= 15 is 0 Å². The van der Waals surface area contributed by atoms with E-state index in [9.17, 15) is 9.59 Å². The van der Waals surface area contributed by atoms with Crippen LogP contribution < -0.4 is 10.1 Å². The Labute approximate surface area is 160 Å². The molecule has 0 atom stereocenters. The molecule has 142 valence electrons. The number of rotatable bonds is 8. The number of ether oxygens (including phenoxy) is 2. The van der Waals surface area contributed by atoms with E-state index in [0.29, 0.717) is 17.9 Å². The van der Waals surface area contributed by atoms with E-state index in [-0.39, 0.29) is 18.0 Å². The van der Waals surface area contributed by atoms with Gasteiger partial charge in [-0.1, -0.05) is 19.1 Å². The van der Waals surface area contributed by atoms with Crippen molar-refractivity contribution in [3.8, 4) is 5.75 Å². The third kappa shape index (κ3) is 6.98. The van der Waals surface area contributed by atoms with Gasteiger partial charge in [0.05, 0.1) is 18.3 Å². The van der Waals surface area contributed by atoms with Crippen molar-refractivity contribution >= 4 is 23.6 Å². The highest BCUT2D eigenvalue weighted by Gasteiger charge is 2.09. The van der Waals surface area contributed by atoms with Gasteiger partial charge in [0.25, 0.3) is 0 Å². The lowest BCUT2D eigenvalue weighted by Crippen LogP contribution is -2.12. The second-order valence-electron chi connectivity index (χ2n) is 6.27. The summed E-state index contributed by atoms with van der Waals surface area (Å²) in [6.45, 7) is 6.33. The minimum atomic E-state index is -0.380. The lowest BCUT2D eigenvalue weighted by atomic mass is 10.2. The standard InChI is InChI=1S/C22H25NO4/c1-4-15-26-20-12-5-17(6-13-20)7-14-21(24)23-19-10-8-18(9-11-19)22(25)27-16(2)3/h5-14,16H,4,15H2,1-3H3,(H,23,24)/b14-7+. The lowest BCUT2D eigenvalue weighted by Gasteiger charge is -2.08. The van der Waals surface area contributed by atoms with E-state index in [1.807, 2.05) is 24.3 Å². The van der Waals surface area contributed by atoms with Gasteiger partial charge in [0.1, 0.15) is 5.75 Å². The molecule has 5 heteroatoms. The molecular weight excluding hydrogens is 342 g/mol. The number of hydrogen-bond acceptors (Lipinski definition) is 4. The molecule has 2 aromatic carbocycles. The van der Waals surface area contributed by atoms with Crippen molar-refractivity contribution in [1.82, 2.24) is 0 Å². The van der Waals surface area contributed by atoms with Crippen molar-refractivity contribution in [2.24, 2.45) is 0 Å². The molecule has 0 aromatic heterocycles. The fourth-order valence-electron chi connectivity index (χ4n) is 2.22. The summed E-state index contributed by atoms with van der Waals surface area (Å²) in [5, 5.41) is 2.76. The molecule has 0 spiro atoms. The number of hydrogen-bond donors (Lipinski definition) is 1. The summed E-state index contributed by atoms with van der Waals surface area (Å²) in [5.74, 6) is 0.183. The minimum Gasteiger partial charge on any atom is -0.494 e. The lowest BCUT2D eigenvalue weighted by molar-refractivity contribution is -0.111. The Hall–Kier alpha value is -3.08. The van der Waals surface area contributed by atoms with Crippen molar-refractivity contribution < 1.29 is 19.1 Å². The van der Waals surface area contributed by atoms with Crippen LogP contribution in [0.25, 0.3) is 6.08 Å². The number of nitrogens with one attached hydrogen (secondary N) is 1. The maximum Gasteiger partial charge on any atom is 0.338 e. The number of carbonyl (C=O) groups is 2. The Morgan fingerprint density at radius 1 is 1.04 bits per heavy atom. The third-order valence-electron chi connectivity index (χ3n) is 3.51. The zero-order valence-electron chi connectivity index (χ0n) is 15.9. The molecule has 0 aliphatic carbocycles. The highest BCUT2D eigenvalue weighted by Crippen LogP contribution is 2.14. The van der Waals surface area contributed by atoms with Crippen LogP contribution in [-0.4, -0.2) is 24.6 Å². The first-order chi connectivity index (χ1) is 13.0. The molecule has 1 amide bonds. The van der Waals surface area contributed by atoms with Crippen molar-refractivity contribution in [2.75, 3.05) is 11.9 Å². The third-order valence-corrected chi connectivity index (χ3v) is 3.51. The molecular formula is C22H25NO4. The Morgan fingerprint density at radius 3 is 2.30 bits per heavy atom. The summed E-state index contributed by atoms with van der Waals surface area (Å²) < 4.78 is 10.7. The Morgan fingerprint density at radius 2 is 1.70 bits per heavy atom. The van der Waals surface area contributed by atoms with Gasteiger partial charge in [-0.2, -0.15) is 0 Å². The zero-order valence-corrected chi connectivity index (χ0v) is 15.9. The van der Waals surface area contributed by atoms with Gasteiger partial charge in [0, 0.05) is 11.8 Å². The second kappa shape index (κ2) is 10.2. The maximum absolute atomic E-state index is 12.0. The minimum absolute atomic E-state index is 0.172. The van der Waals surface area contributed by atoms with Gasteiger partial charge < -0.3 is 14.8 Å². The van der Waals surface area contributed by atoms with Crippen LogP contribution in [0.5, 0.6) is 5.75 Å². The van der Waals surface area contributed by atoms with Gasteiger partial charge in [0.15, 0.2) is 0 Å². The fourth-order valence-corrected chi connectivity index (χ4v) is 2.22. The molecule has 0 bridgehead atoms. The first-order valence-corrected chi connectivity index (χ1v) is 9.01. The van der Waals surface area contributed by atoms with Crippen molar-refractivity contribution in [3.63, 3.8) is 0 Å². The van der Waals surface area contributed by atoms with Crippen LogP contribution in [0.2, 0.25) is 0 Å². The summed E-state index contributed by atoms with van der Waals surface area (Å²) >= 11 is 0. The maximum atomic E-state index is 12.0. The second-order valence-corrected chi connectivity index (χ2v) is 6.27. The molecule has 5 nitrogen and oxygen atoms in total. The van der Waals surface area contributed by atoms with Crippen LogP contribution in [0, 0.1) is 0 Å². The molecule has 1 N–H and O–H groups in total. The zero-order chi connectivity index (χ0) is 19.6. The Bertz CT molecular complexity index is 777. The highest BCUT2D eigenvalue weighted by molar-refractivity contribution is 6.02. The molecule has 2 aromatic rings. The first kappa shape index (κ1) is 20.2. The van der Waals surface area contributed by atoms with Gasteiger partial charge in [-0.15, -0.1) is 0 Å². The van der Waals surface area contributed by atoms with Crippen LogP contribution in [0.1, 0.15) is 43.1 Å². The molecule has 0 heterocycles. The molecule has 0 saturated heterocycles. The van der Waals surface area contributed by atoms with Gasteiger partial charge in [-0.25, -0.2) is 4.79 Å². The molecule has 0 unspecified atom stereocenters. The van der Waals surface area contributed by atoms with Crippen molar-refractivity contribution in [1.29, 1.82) is 0 Å². The molecule has 0 radical (unpaired) electrons. The predicted molar refractivity (Wildman–Crippen MR) is 107 cm³/mol. The molecule has 2 rings (SSSR count). The average Bonchev–Trinajstić information content (AvgIpc) is 2.65. The highest BCUT2D eigenvalue weighted by atomic mass is 16.5. The van der Waals surface area contributed by atoms with E-state index in [2.05, 4.69) is 12.2 Å². The van der Waals surface area contributed by atoms with Crippen LogP contribution in [0.15, 0.2) is 54.6 Å². The molecule has 0 fully saturated rings. The largest absolute Gasteiger partial charge is 0.494 e. The number of carbonyl (C=O) groups excluding carboxylic acids is 2. The van der Waals surface area contributed by atoms with Gasteiger partial charge in [0.2, 0.25) is 5.91 Å². The number of benzene rings is 2. The quantitative estimate of drug-likeness (QED) is 0.543.